The Morgan fingerprint density at radius 3 is 2.58 bits per heavy atom. The Hall–Kier alpha value is -3.15. The third kappa shape index (κ3) is 3.40. The van der Waals surface area contributed by atoms with E-state index in [1.165, 1.54) is 0 Å². The molecule has 2 heterocycles. The van der Waals surface area contributed by atoms with Crippen LogP contribution in [0.4, 0.5) is 0 Å². The second kappa shape index (κ2) is 7.52. The Bertz CT molecular complexity index is 1140. The van der Waals surface area contributed by atoms with Gasteiger partial charge in [-0.15, -0.1) is 0 Å². The van der Waals surface area contributed by atoms with Crippen LogP contribution in [0.25, 0.3) is 11.0 Å². The number of hydrogen-bond donors (Lipinski definition) is 1. The van der Waals surface area contributed by atoms with Crippen LogP contribution in [0.3, 0.4) is 0 Å². The molecule has 2 amide bonds. The molecule has 0 spiro atoms. The van der Waals surface area contributed by atoms with E-state index in [0.717, 1.165) is 47.8 Å². The van der Waals surface area contributed by atoms with Gasteiger partial charge in [-0.05, 0) is 44.4 Å². The zero-order chi connectivity index (χ0) is 21.6. The Labute approximate surface area is 182 Å². The highest BCUT2D eigenvalue weighted by Crippen LogP contribution is 2.32. The summed E-state index contributed by atoms with van der Waals surface area (Å²) in [5, 5.41) is 3.24. The molecule has 6 nitrogen and oxygen atoms in total. The van der Waals surface area contributed by atoms with Crippen molar-refractivity contribution in [3.8, 4) is 0 Å². The summed E-state index contributed by atoms with van der Waals surface area (Å²) in [6.07, 6.45) is 4.30. The lowest BCUT2D eigenvalue weighted by Gasteiger charge is -2.44. The number of carbonyl (C=O) groups is 2. The number of fused-ring (bicyclic) bond motifs is 3. The number of nitrogens with one attached hydrogen (secondary N) is 1. The molecule has 1 aliphatic carbocycles. The van der Waals surface area contributed by atoms with Gasteiger partial charge in [-0.3, -0.25) is 9.59 Å². The van der Waals surface area contributed by atoms with Crippen molar-refractivity contribution in [2.24, 2.45) is 0 Å². The van der Waals surface area contributed by atoms with Gasteiger partial charge in [-0.1, -0.05) is 54.8 Å². The smallest absolute Gasteiger partial charge is 0.291 e. The van der Waals surface area contributed by atoms with Crippen molar-refractivity contribution >= 4 is 22.8 Å². The third-order valence-corrected chi connectivity index (χ3v) is 6.79. The molecule has 0 radical (unpaired) electrons. The molecular formula is C25H28N4O2. The molecule has 5 rings (SSSR count). The van der Waals surface area contributed by atoms with Crippen LogP contribution in [0.15, 0.2) is 48.5 Å². The number of hydrogen-bond acceptors (Lipinski definition) is 3. The molecule has 2 aromatic carbocycles. The van der Waals surface area contributed by atoms with E-state index in [4.69, 9.17) is 0 Å². The lowest BCUT2D eigenvalue weighted by molar-refractivity contribution is -0.133. The monoisotopic (exact) mass is 416 g/mol. The maximum absolute atomic E-state index is 13.7. The van der Waals surface area contributed by atoms with Crippen LogP contribution in [0.2, 0.25) is 0 Å². The molecule has 1 N–H and O–H groups in total. The average molecular weight is 417 g/mol. The number of aryl methyl sites for hydroxylation is 1. The second-order valence-electron chi connectivity index (χ2n) is 9.12. The minimum atomic E-state index is -0.999. The van der Waals surface area contributed by atoms with E-state index in [0.29, 0.717) is 18.9 Å². The van der Waals surface area contributed by atoms with Gasteiger partial charge in [-0.25, -0.2) is 4.98 Å². The summed E-state index contributed by atoms with van der Waals surface area (Å²) < 4.78 is 1.91. The number of benzene rings is 2. The maximum Gasteiger partial charge on any atom is 0.291 e. The Morgan fingerprint density at radius 2 is 1.84 bits per heavy atom. The molecule has 1 fully saturated rings. The van der Waals surface area contributed by atoms with Crippen molar-refractivity contribution in [1.29, 1.82) is 0 Å². The standard InChI is InChI=1S/C25H28N4O2/c1-17-11-13-18(14-12-17)15-29-23(30)22-27-20-9-5-6-10-21(20)28(22)16-25(29,2)24(31)26-19-7-3-4-8-19/h5-6,9-14,19H,3-4,7-8,15-16H2,1-2H3,(H,26,31)/t25-/m1/s1. The summed E-state index contributed by atoms with van der Waals surface area (Å²) in [5.74, 6) is 0.120. The average Bonchev–Trinajstić information content (AvgIpc) is 3.40. The normalized spacial score (nSPS) is 21.5. The van der Waals surface area contributed by atoms with Gasteiger partial charge in [0.25, 0.3) is 5.91 Å². The number of para-hydroxylation sites is 2. The van der Waals surface area contributed by atoms with Gasteiger partial charge in [0.1, 0.15) is 5.54 Å². The molecule has 31 heavy (non-hydrogen) atoms. The number of amides is 2. The van der Waals surface area contributed by atoms with Gasteiger partial charge >= 0.3 is 0 Å². The van der Waals surface area contributed by atoms with Crippen LogP contribution in [-0.4, -0.2) is 37.8 Å². The van der Waals surface area contributed by atoms with E-state index in [1.54, 1.807) is 4.90 Å². The summed E-state index contributed by atoms with van der Waals surface area (Å²) in [4.78, 5) is 33.6. The van der Waals surface area contributed by atoms with E-state index >= 15 is 0 Å². The van der Waals surface area contributed by atoms with E-state index < -0.39 is 5.54 Å². The minimum Gasteiger partial charge on any atom is -0.351 e. The van der Waals surface area contributed by atoms with Gasteiger partial charge in [0, 0.05) is 12.6 Å². The SMILES string of the molecule is Cc1ccc(CN2C(=O)c3nc4ccccc4n3C[C@]2(C)C(=O)NC2CCCC2)cc1. The topological polar surface area (TPSA) is 67.2 Å². The summed E-state index contributed by atoms with van der Waals surface area (Å²) in [6, 6.07) is 16.0. The molecule has 0 bridgehead atoms. The van der Waals surface area contributed by atoms with Gasteiger partial charge in [0.2, 0.25) is 5.91 Å². The number of imidazole rings is 1. The van der Waals surface area contributed by atoms with Crippen molar-refractivity contribution in [2.45, 2.75) is 64.2 Å². The molecule has 6 heteroatoms. The van der Waals surface area contributed by atoms with Gasteiger partial charge in [-0.2, -0.15) is 0 Å². The molecule has 1 aromatic heterocycles. The van der Waals surface area contributed by atoms with Crippen LogP contribution >= 0.6 is 0 Å². The molecule has 3 aromatic rings. The van der Waals surface area contributed by atoms with Crippen molar-refractivity contribution < 1.29 is 9.59 Å². The van der Waals surface area contributed by atoms with Gasteiger partial charge in [0.05, 0.1) is 17.6 Å². The number of rotatable bonds is 4. The molecule has 2 aliphatic rings. The lowest BCUT2D eigenvalue weighted by Crippen LogP contribution is -2.64. The Morgan fingerprint density at radius 1 is 1.13 bits per heavy atom. The molecule has 1 aliphatic heterocycles. The van der Waals surface area contributed by atoms with E-state index in [2.05, 4.69) is 10.3 Å². The first-order chi connectivity index (χ1) is 15.0. The first-order valence-corrected chi connectivity index (χ1v) is 11.1. The highest BCUT2D eigenvalue weighted by Gasteiger charge is 2.48. The van der Waals surface area contributed by atoms with Gasteiger partial charge in [0.15, 0.2) is 5.82 Å². The highest BCUT2D eigenvalue weighted by atomic mass is 16.2. The van der Waals surface area contributed by atoms with Crippen molar-refractivity contribution in [3.05, 3.63) is 65.5 Å². The Balaban J connectivity index is 1.56. The second-order valence-corrected chi connectivity index (χ2v) is 9.12. The summed E-state index contributed by atoms with van der Waals surface area (Å²) >= 11 is 0. The quantitative estimate of drug-likeness (QED) is 0.703. The van der Waals surface area contributed by atoms with Crippen molar-refractivity contribution in [3.63, 3.8) is 0 Å². The van der Waals surface area contributed by atoms with Crippen LogP contribution < -0.4 is 5.32 Å². The maximum atomic E-state index is 13.7. The van der Waals surface area contributed by atoms with Crippen LogP contribution in [-0.2, 0) is 17.9 Å². The summed E-state index contributed by atoms with van der Waals surface area (Å²) in [6.45, 7) is 4.69. The van der Waals surface area contributed by atoms with Crippen LogP contribution in [0.5, 0.6) is 0 Å². The molecule has 160 valence electrons. The molecular weight excluding hydrogens is 388 g/mol. The molecule has 1 saturated carbocycles. The minimum absolute atomic E-state index is 0.0803. The van der Waals surface area contributed by atoms with Crippen LogP contribution in [0.1, 0.15) is 54.4 Å². The fourth-order valence-corrected chi connectivity index (χ4v) is 4.86. The molecule has 1 atom stereocenters. The zero-order valence-electron chi connectivity index (χ0n) is 18.1. The van der Waals surface area contributed by atoms with E-state index in [1.807, 2.05) is 66.9 Å². The third-order valence-electron chi connectivity index (χ3n) is 6.79. The Kier molecular flexibility index (Phi) is 4.80. The van der Waals surface area contributed by atoms with Crippen molar-refractivity contribution in [2.75, 3.05) is 0 Å². The van der Waals surface area contributed by atoms with E-state index in [9.17, 15) is 9.59 Å². The van der Waals surface area contributed by atoms with Crippen LogP contribution in [0, 0.1) is 6.92 Å². The first-order valence-electron chi connectivity index (χ1n) is 11.1. The fourth-order valence-electron chi connectivity index (χ4n) is 4.86. The summed E-state index contributed by atoms with van der Waals surface area (Å²) in [7, 11) is 0. The largest absolute Gasteiger partial charge is 0.351 e. The first kappa shape index (κ1) is 19.8. The number of aromatic nitrogens is 2. The molecule has 0 unspecified atom stereocenters. The summed E-state index contributed by atoms with van der Waals surface area (Å²) in [5.41, 5.74) is 2.84. The lowest BCUT2D eigenvalue weighted by atomic mass is 9.93. The zero-order valence-corrected chi connectivity index (χ0v) is 18.1. The predicted molar refractivity (Wildman–Crippen MR) is 120 cm³/mol. The number of carbonyl (C=O) groups excluding carboxylic acids is 2. The molecule has 0 saturated heterocycles. The van der Waals surface area contributed by atoms with Crippen molar-refractivity contribution in [1.82, 2.24) is 19.8 Å². The predicted octanol–water partition coefficient (Wildman–Crippen LogP) is 3.82. The highest BCUT2D eigenvalue weighted by molar-refractivity contribution is 6.01. The van der Waals surface area contributed by atoms with Gasteiger partial charge < -0.3 is 14.8 Å². The number of nitrogens with zero attached hydrogens (tertiary/aromatic N) is 3. The fraction of sp³-hybridized carbons (Fsp3) is 0.400. The van der Waals surface area contributed by atoms with E-state index in [-0.39, 0.29) is 17.9 Å².